The van der Waals surface area contributed by atoms with Crippen LogP contribution in [0.4, 0.5) is 4.39 Å². The van der Waals surface area contributed by atoms with Crippen molar-refractivity contribution in [1.29, 1.82) is 0 Å². The summed E-state index contributed by atoms with van der Waals surface area (Å²) >= 11 is 9.26. The summed E-state index contributed by atoms with van der Waals surface area (Å²) in [5.41, 5.74) is 7.22. The second-order valence-electron chi connectivity index (χ2n) is 4.04. The summed E-state index contributed by atoms with van der Waals surface area (Å²) in [6.45, 7) is 0. The van der Waals surface area contributed by atoms with Crippen LogP contribution in [-0.2, 0) is 0 Å². The normalized spacial score (nSPS) is 12.3. The summed E-state index contributed by atoms with van der Waals surface area (Å²) in [7, 11) is 1.58. The van der Waals surface area contributed by atoms with Crippen LogP contribution in [0, 0.1) is 5.82 Å². The Morgan fingerprint density at radius 3 is 2.63 bits per heavy atom. The van der Waals surface area contributed by atoms with Crippen LogP contribution >= 0.6 is 27.5 Å². The first-order chi connectivity index (χ1) is 9.02. The maximum Gasteiger partial charge on any atom is 0.133 e. The van der Waals surface area contributed by atoms with Gasteiger partial charge in [0.1, 0.15) is 11.6 Å². The highest BCUT2D eigenvalue weighted by molar-refractivity contribution is 9.10. The lowest BCUT2D eigenvalue weighted by Gasteiger charge is -2.15. The van der Waals surface area contributed by atoms with Gasteiger partial charge in [-0.25, -0.2) is 4.39 Å². The van der Waals surface area contributed by atoms with Crippen molar-refractivity contribution >= 4 is 27.5 Å². The van der Waals surface area contributed by atoms with Gasteiger partial charge in [-0.15, -0.1) is 0 Å². The average Bonchev–Trinajstić information content (AvgIpc) is 2.40. The van der Waals surface area contributed by atoms with E-state index in [1.54, 1.807) is 25.3 Å². The third-order valence-corrected chi connectivity index (χ3v) is 3.68. The monoisotopic (exact) mass is 343 g/mol. The summed E-state index contributed by atoms with van der Waals surface area (Å²) < 4.78 is 19.7. The van der Waals surface area contributed by atoms with Crippen molar-refractivity contribution < 1.29 is 9.13 Å². The average molecular weight is 345 g/mol. The molecule has 19 heavy (non-hydrogen) atoms. The van der Waals surface area contributed by atoms with Crippen LogP contribution in [0.3, 0.4) is 0 Å². The molecule has 0 aliphatic rings. The van der Waals surface area contributed by atoms with Gasteiger partial charge in [-0.05, 0) is 51.8 Å². The second kappa shape index (κ2) is 5.90. The third-order valence-electron chi connectivity index (χ3n) is 2.83. The van der Waals surface area contributed by atoms with E-state index < -0.39 is 6.04 Å². The van der Waals surface area contributed by atoms with Crippen molar-refractivity contribution in [1.82, 2.24) is 0 Å². The first-order valence-corrected chi connectivity index (χ1v) is 6.74. The molecule has 0 bridgehead atoms. The van der Waals surface area contributed by atoms with Crippen molar-refractivity contribution in [2.75, 3.05) is 7.11 Å². The molecule has 0 aliphatic carbocycles. The Kier molecular flexibility index (Phi) is 4.45. The minimum Gasteiger partial charge on any atom is -0.496 e. The van der Waals surface area contributed by atoms with Crippen LogP contribution in [0.5, 0.6) is 5.75 Å². The lowest BCUT2D eigenvalue weighted by atomic mass is 9.99. The molecule has 2 aromatic rings. The summed E-state index contributed by atoms with van der Waals surface area (Å²) in [5.74, 6) is 0.325. The Morgan fingerprint density at radius 1 is 1.26 bits per heavy atom. The van der Waals surface area contributed by atoms with Gasteiger partial charge in [0.15, 0.2) is 0 Å². The minimum absolute atomic E-state index is 0.365. The molecule has 1 unspecified atom stereocenters. The van der Waals surface area contributed by atoms with Crippen molar-refractivity contribution in [3.63, 3.8) is 0 Å². The standard InChI is InChI=1S/C14H12BrClFNO/c1-19-13-5-2-8(6-11(13)15)14(18)10-7-9(16)3-4-12(10)17/h2-7,14H,18H2,1H3. The van der Waals surface area contributed by atoms with Crippen molar-refractivity contribution in [2.45, 2.75) is 6.04 Å². The number of nitrogens with two attached hydrogens (primary N) is 1. The molecule has 5 heteroatoms. The highest BCUT2D eigenvalue weighted by atomic mass is 79.9. The molecule has 0 aliphatic heterocycles. The van der Waals surface area contributed by atoms with Crippen LogP contribution in [0.15, 0.2) is 40.9 Å². The van der Waals surface area contributed by atoms with Gasteiger partial charge in [0.05, 0.1) is 17.6 Å². The van der Waals surface area contributed by atoms with Crippen LogP contribution in [0.1, 0.15) is 17.2 Å². The second-order valence-corrected chi connectivity index (χ2v) is 5.33. The van der Waals surface area contributed by atoms with Gasteiger partial charge in [-0.3, -0.25) is 0 Å². The van der Waals surface area contributed by atoms with Gasteiger partial charge in [0.2, 0.25) is 0 Å². The Labute approximate surface area is 124 Å². The number of halogens is 3. The van der Waals surface area contributed by atoms with Crippen LogP contribution < -0.4 is 10.5 Å². The molecule has 0 saturated heterocycles. The molecule has 1 atom stereocenters. The predicted molar refractivity (Wildman–Crippen MR) is 78.1 cm³/mol. The van der Waals surface area contributed by atoms with E-state index in [1.165, 1.54) is 12.1 Å². The van der Waals surface area contributed by atoms with Gasteiger partial charge in [-0.2, -0.15) is 0 Å². The van der Waals surface area contributed by atoms with Gasteiger partial charge in [0, 0.05) is 10.6 Å². The van der Waals surface area contributed by atoms with Gasteiger partial charge in [-0.1, -0.05) is 17.7 Å². The molecule has 0 aromatic heterocycles. The summed E-state index contributed by atoms with van der Waals surface area (Å²) in [6, 6.07) is 9.16. The molecular formula is C14H12BrClFNO. The molecule has 0 radical (unpaired) electrons. The number of hydrogen-bond acceptors (Lipinski definition) is 2. The molecule has 0 saturated carbocycles. The molecule has 2 N–H and O–H groups in total. The maximum atomic E-state index is 13.8. The zero-order valence-electron chi connectivity index (χ0n) is 10.2. The van der Waals surface area contributed by atoms with Gasteiger partial charge in [0.25, 0.3) is 0 Å². The number of rotatable bonds is 3. The molecule has 100 valence electrons. The maximum absolute atomic E-state index is 13.8. The van der Waals surface area contributed by atoms with E-state index in [2.05, 4.69) is 15.9 Å². The first kappa shape index (κ1) is 14.3. The lowest BCUT2D eigenvalue weighted by molar-refractivity contribution is 0.412. The Hall–Kier alpha value is -1.10. The largest absolute Gasteiger partial charge is 0.496 e. The predicted octanol–water partition coefficient (Wildman–Crippen LogP) is 4.30. The van der Waals surface area contributed by atoms with E-state index in [-0.39, 0.29) is 5.82 Å². The smallest absolute Gasteiger partial charge is 0.133 e. The molecule has 0 amide bonds. The SMILES string of the molecule is COc1ccc(C(N)c2cc(Cl)ccc2F)cc1Br. The van der Waals surface area contributed by atoms with Crippen LogP contribution in [0.2, 0.25) is 5.02 Å². The van der Waals surface area contributed by atoms with Crippen molar-refractivity contribution in [3.8, 4) is 5.75 Å². The zero-order valence-corrected chi connectivity index (χ0v) is 12.5. The van der Waals surface area contributed by atoms with E-state index in [0.717, 1.165) is 10.0 Å². The molecular weight excluding hydrogens is 333 g/mol. The Morgan fingerprint density at radius 2 is 2.00 bits per heavy atom. The summed E-state index contributed by atoms with van der Waals surface area (Å²) in [4.78, 5) is 0. The summed E-state index contributed by atoms with van der Waals surface area (Å²) in [5, 5.41) is 0.458. The van der Waals surface area contributed by atoms with E-state index in [4.69, 9.17) is 22.1 Å². The molecule has 0 heterocycles. The molecule has 0 spiro atoms. The number of benzene rings is 2. The minimum atomic E-state index is -0.582. The van der Waals surface area contributed by atoms with Crippen LogP contribution in [0.25, 0.3) is 0 Å². The topological polar surface area (TPSA) is 35.2 Å². The highest BCUT2D eigenvalue weighted by Crippen LogP contribution is 2.31. The van der Waals surface area contributed by atoms with Crippen molar-refractivity contribution in [2.24, 2.45) is 5.73 Å². The van der Waals surface area contributed by atoms with E-state index in [1.807, 2.05) is 6.07 Å². The fourth-order valence-electron chi connectivity index (χ4n) is 1.81. The quantitative estimate of drug-likeness (QED) is 0.901. The number of hydrogen-bond donors (Lipinski definition) is 1. The van der Waals surface area contributed by atoms with E-state index in [0.29, 0.717) is 16.3 Å². The third kappa shape index (κ3) is 3.08. The fourth-order valence-corrected chi connectivity index (χ4v) is 2.55. The Balaban J connectivity index is 2.41. The first-order valence-electron chi connectivity index (χ1n) is 5.57. The number of ether oxygens (including phenoxy) is 1. The van der Waals surface area contributed by atoms with E-state index in [9.17, 15) is 4.39 Å². The van der Waals surface area contributed by atoms with E-state index >= 15 is 0 Å². The fraction of sp³-hybridized carbons (Fsp3) is 0.143. The van der Waals surface area contributed by atoms with Crippen LogP contribution in [-0.4, -0.2) is 7.11 Å². The lowest BCUT2D eigenvalue weighted by Crippen LogP contribution is -2.13. The van der Waals surface area contributed by atoms with Crippen molar-refractivity contribution in [3.05, 3.63) is 62.8 Å². The molecule has 2 nitrogen and oxygen atoms in total. The zero-order chi connectivity index (χ0) is 14.0. The molecule has 2 aromatic carbocycles. The molecule has 2 rings (SSSR count). The Bertz CT molecular complexity index is 606. The summed E-state index contributed by atoms with van der Waals surface area (Å²) in [6.07, 6.45) is 0. The van der Waals surface area contributed by atoms with Gasteiger partial charge >= 0.3 is 0 Å². The number of methoxy groups -OCH3 is 1. The highest BCUT2D eigenvalue weighted by Gasteiger charge is 2.15. The molecule has 0 fully saturated rings. The van der Waals surface area contributed by atoms with Gasteiger partial charge < -0.3 is 10.5 Å².